The largest absolute Gasteiger partial charge is 0.481 e. The lowest BCUT2D eigenvalue weighted by Crippen LogP contribution is -2.54. The summed E-state index contributed by atoms with van der Waals surface area (Å²) < 4.78 is 11.1. The molecule has 1 aromatic rings. The van der Waals surface area contributed by atoms with Gasteiger partial charge in [-0.3, -0.25) is 4.79 Å². The monoisotopic (exact) mass is 320 g/mol. The van der Waals surface area contributed by atoms with E-state index in [-0.39, 0.29) is 11.5 Å². The summed E-state index contributed by atoms with van der Waals surface area (Å²) in [6.07, 6.45) is 4.42. The highest BCUT2D eigenvalue weighted by Gasteiger charge is 2.44. The van der Waals surface area contributed by atoms with Crippen LogP contribution in [-0.2, 0) is 4.74 Å². The normalized spacial score (nSPS) is 27.0. The summed E-state index contributed by atoms with van der Waals surface area (Å²) in [4.78, 5) is 18.5. The molecule has 23 heavy (non-hydrogen) atoms. The van der Waals surface area contributed by atoms with E-state index in [1.807, 2.05) is 11.8 Å². The number of nitrogens with zero attached hydrogens (tertiary/aromatic N) is 2. The Hall–Kier alpha value is -1.66. The van der Waals surface area contributed by atoms with Crippen molar-refractivity contribution in [1.82, 2.24) is 9.88 Å². The molecule has 2 fully saturated rings. The van der Waals surface area contributed by atoms with Gasteiger partial charge in [0.25, 0.3) is 5.91 Å². The number of carbonyl (C=O) groups is 1. The van der Waals surface area contributed by atoms with Gasteiger partial charge in [0, 0.05) is 37.3 Å². The highest BCUT2D eigenvalue weighted by atomic mass is 16.5. The van der Waals surface area contributed by atoms with Gasteiger partial charge in [-0.25, -0.2) is 4.98 Å². The second-order valence-electron chi connectivity index (χ2n) is 6.83. The molecule has 0 radical (unpaired) electrons. The Morgan fingerprint density at radius 3 is 2.78 bits per heavy atom. The van der Waals surface area contributed by atoms with Crippen molar-refractivity contribution in [2.45, 2.75) is 43.8 Å². The van der Waals surface area contributed by atoms with Crippen LogP contribution in [-0.4, -0.2) is 58.9 Å². The number of hydrogen-bond donors (Lipinski definition) is 1. The zero-order chi connectivity index (χ0) is 16.5. The predicted octanol–water partition coefficient (Wildman–Crippen LogP) is 1.63. The minimum absolute atomic E-state index is 0.0110. The van der Waals surface area contributed by atoms with E-state index in [4.69, 9.17) is 9.47 Å². The van der Waals surface area contributed by atoms with Crippen molar-refractivity contribution in [2.75, 3.05) is 26.8 Å². The summed E-state index contributed by atoms with van der Waals surface area (Å²) in [6.45, 7) is 3.74. The topological polar surface area (TPSA) is 71.9 Å². The maximum Gasteiger partial charge on any atom is 0.254 e. The number of piperidine rings is 1. The number of rotatable bonds is 2. The number of aromatic nitrogens is 1. The van der Waals surface area contributed by atoms with Gasteiger partial charge in [0.05, 0.1) is 24.9 Å². The summed E-state index contributed by atoms with van der Waals surface area (Å²) >= 11 is 0. The van der Waals surface area contributed by atoms with Crippen LogP contribution in [0.15, 0.2) is 18.3 Å². The number of carbonyl (C=O) groups excluding carboxylic acids is 1. The van der Waals surface area contributed by atoms with E-state index in [2.05, 4.69) is 4.98 Å². The Bertz CT molecular complexity index is 580. The number of amides is 1. The minimum atomic E-state index is -0.664. The van der Waals surface area contributed by atoms with Crippen molar-refractivity contribution in [1.29, 1.82) is 0 Å². The Morgan fingerprint density at radius 1 is 1.39 bits per heavy atom. The Morgan fingerprint density at radius 2 is 2.13 bits per heavy atom. The van der Waals surface area contributed by atoms with Crippen molar-refractivity contribution in [3.63, 3.8) is 0 Å². The molecule has 1 amide bonds. The smallest absolute Gasteiger partial charge is 0.254 e. The van der Waals surface area contributed by atoms with Gasteiger partial charge >= 0.3 is 0 Å². The van der Waals surface area contributed by atoms with E-state index in [0.29, 0.717) is 44.0 Å². The number of hydrogen-bond acceptors (Lipinski definition) is 5. The third kappa shape index (κ3) is 3.48. The van der Waals surface area contributed by atoms with Gasteiger partial charge in [-0.1, -0.05) is 0 Å². The number of methoxy groups -OCH3 is 1. The zero-order valence-corrected chi connectivity index (χ0v) is 13.7. The van der Waals surface area contributed by atoms with Gasteiger partial charge in [0.1, 0.15) is 0 Å². The van der Waals surface area contributed by atoms with Gasteiger partial charge < -0.3 is 19.5 Å². The molecule has 1 atom stereocenters. The van der Waals surface area contributed by atoms with Crippen LogP contribution in [0, 0.1) is 0 Å². The van der Waals surface area contributed by atoms with E-state index in [1.54, 1.807) is 18.3 Å². The fraction of sp³-hybridized carbons (Fsp3) is 0.647. The van der Waals surface area contributed by atoms with E-state index in [0.717, 1.165) is 12.8 Å². The van der Waals surface area contributed by atoms with Gasteiger partial charge in [-0.05, 0) is 32.3 Å². The first-order valence-corrected chi connectivity index (χ1v) is 8.09. The molecule has 1 unspecified atom stereocenters. The molecule has 0 aliphatic carbocycles. The molecule has 126 valence electrons. The molecule has 1 N–H and O–H groups in total. The summed E-state index contributed by atoms with van der Waals surface area (Å²) in [5.41, 5.74) is -0.360. The molecule has 0 saturated carbocycles. The zero-order valence-electron chi connectivity index (χ0n) is 13.7. The van der Waals surface area contributed by atoms with E-state index >= 15 is 0 Å². The Kier molecular flexibility index (Phi) is 4.29. The molecule has 3 heterocycles. The molecule has 0 bridgehead atoms. The molecule has 0 aromatic carbocycles. The molecule has 1 aromatic heterocycles. The molecule has 3 rings (SSSR count). The number of ether oxygens (including phenoxy) is 2. The molecule has 1 spiro atoms. The quantitative estimate of drug-likeness (QED) is 0.896. The van der Waals surface area contributed by atoms with E-state index in [9.17, 15) is 9.90 Å². The summed E-state index contributed by atoms with van der Waals surface area (Å²) in [7, 11) is 1.54. The van der Waals surface area contributed by atoms with Gasteiger partial charge in [-0.15, -0.1) is 0 Å². The first-order valence-electron chi connectivity index (χ1n) is 8.09. The van der Waals surface area contributed by atoms with Gasteiger partial charge in [0.2, 0.25) is 5.88 Å². The average molecular weight is 320 g/mol. The van der Waals surface area contributed by atoms with Gasteiger partial charge in [0.15, 0.2) is 0 Å². The number of aliphatic hydroxyl groups is 1. The summed E-state index contributed by atoms with van der Waals surface area (Å²) in [5, 5.41) is 10.3. The molecular weight excluding hydrogens is 296 g/mol. The second kappa shape index (κ2) is 6.09. The van der Waals surface area contributed by atoms with E-state index in [1.165, 1.54) is 7.11 Å². The Balaban J connectivity index is 1.65. The first-order chi connectivity index (χ1) is 10.9. The van der Waals surface area contributed by atoms with Crippen LogP contribution in [0.3, 0.4) is 0 Å². The van der Waals surface area contributed by atoms with Crippen LogP contribution in [0.1, 0.15) is 43.0 Å². The maximum absolute atomic E-state index is 12.6. The lowest BCUT2D eigenvalue weighted by atomic mass is 9.78. The maximum atomic E-state index is 12.6. The molecular formula is C17H24N2O4. The summed E-state index contributed by atoms with van der Waals surface area (Å²) in [5.74, 6) is 0.430. The highest BCUT2D eigenvalue weighted by molar-refractivity contribution is 5.94. The van der Waals surface area contributed by atoms with Crippen LogP contribution in [0.2, 0.25) is 0 Å². The average Bonchev–Trinajstić information content (AvgIpc) is 2.54. The third-order valence-electron chi connectivity index (χ3n) is 4.90. The van der Waals surface area contributed by atoms with Crippen molar-refractivity contribution in [3.05, 3.63) is 23.9 Å². The summed E-state index contributed by atoms with van der Waals surface area (Å²) in [6, 6.07) is 3.37. The van der Waals surface area contributed by atoms with Crippen LogP contribution >= 0.6 is 0 Å². The van der Waals surface area contributed by atoms with Crippen LogP contribution in [0.4, 0.5) is 0 Å². The van der Waals surface area contributed by atoms with Crippen molar-refractivity contribution < 1.29 is 19.4 Å². The van der Waals surface area contributed by atoms with E-state index < -0.39 is 5.60 Å². The second-order valence-corrected chi connectivity index (χ2v) is 6.83. The minimum Gasteiger partial charge on any atom is -0.481 e. The first kappa shape index (κ1) is 16.2. The van der Waals surface area contributed by atoms with Crippen molar-refractivity contribution >= 4 is 5.91 Å². The predicted molar refractivity (Wildman–Crippen MR) is 84.5 cm³/mol. The lowest BCUT2D eigenvalue weighted by Gasteiger charge is -2.48. The van der Waals surface area contributed by atoms with Crippen molar-refractivity contribution in [2.24, 2.45) is 0 Å². The number of pyridine rings is 1. The lowest BCUT2D eigenvalue weighted by molar-refractivity contribution is -0.170. The van der Waals surface area contributed by atoms with Crippen LogP contribution in [0.5, 0.6) is 5.88 Å². The van der Waals surface area contributed by atoms with Crippen molar-refractivity contribution in [3.8, 4) is 5.88 Å². The Labute approximate surface area is 136 Å². The fourth-order valence-electron chi connectivity index (χ4n) is 3.60. The van der Waals surface area contributed by atoms with Crippen LogP contribution < -0.4 is 4.74 Å². The molecule has 6 nitrogen and oxygen atoms in total. The number of likely N-dealkylation sites (tertiary alicyclic amines) is 1. The van der Waals surface area contributed by atoms with Gasteiger partial charge in [-0.2, -0.15) is 0 Å². The third-order valence-corrected chi connectivity index (χ3v) is 4.90. The van der Waals surface area contributed by atoms with Crippen LogP contribution in [0.25, 0.3) is 0 Å². The standard InChI is InChI=1S/C17H24N2O4/c1-16(21)6-10-23-17(12-16)4-8-19(9-5-17)15(20)13-3-7-18-14(11-13)22-2/h3,7,11,21H,4-6,8-10,12H2,1-2H3. The highest BCUT2D eigenvalue weighted by Crippen LogP contribution is 2.39. The fourth-order valence-corrected chi connectivity index (χ4v) is 3.60. The molecule has 2 aliphatic rings. The SMILES string of the molecule is COc1cc(C(=O)N2CCC3(CC2)CC(C)(O)CCO3)ccn1. The molecule has 2 aliphatic heterocycles. The molecule has 2 saturated heterocycles. The molecule has 6 heteroatoms.